The van der Waals surface area contributed by atoms with Gasteiger partial charge in [0.25, 0.3) is 0 Å². The van der Waals surface area contributed by atoms with E-state index >= 15 is 0 Å². The molecule has 0 aliphatic carbocycles. The van der Waals surface area contributed by atoms with E-state index in [4.69, 9.17) is 4.74 Å². The Kier molecular flexibility index (Phi) is 3.10. The molecule has 0 aromatic heterocycles. The Balaban J connectivity index is 1.78. The molecular weight excluding hydrogens is 176 g/mol. The zero-order chi connectivity index (χ0) is 10.0. The minimum absolute atomic E-state index is 0.193. The first kappa shape index (κ1) is 10.4. The molecule has 1 N–H and O–H groups in total. The van der Waals surface area contributed by atoms with Crippen molar-refractivity contribution in [1.29, 1.82) is 0 Å². The summed E-state index contributed by atoms with van der Waals surface area (Å²) in [5, 5.41) is 3.49. The van der Waals surface area contributed by atoms with Crippen LogP contribution in [0.1, 0.15) is 25.7 Å². The topological polar surface area (TPSA) is 24.5 Å². The van der Waals surface area contributed by atoms with Crippen LogP contribution < -0.4 is 5.32 Å². The predicted molar refractivity (Wildman–Crippen MR) is 57.5 cm³/mol. The van der Waals surface area contributed by atoms with Gasteiger partial charge in [0.15, 0.2) is 0 Å². The molecule has 0 spiro atoms. The Morgan fingerprint density at radius 3 is 3.14 bits per heavy atom. The quantitative estimate of drug-likeness (QED) is 0.725. The molecule has 3 heteroatoms. The summed E-state index contributed by atoms with van der Waals surface area (Å²) < 4.78 is 6.09. The van der Waals surface area contributed by atoms with Crippen molar-refractivity contribution in [3.05, 3.63) is 0 Å². The average molecular weight is 198 g/mol. The lowest BCUT2D eigenvalue weighted by Crippen LogP contribution is -2.48. The van der Waals surface area contributed by atoms with Gasteiger partial charge in [-0.15, -0.1) is 0 Å². The van der Waals surface area contributed by atoms with Crippen LogP contribution in [0, 0.1) is 0 Å². The number of nitrogens with zero attached hydrogens (tertiary/aromatic N) is 1. The molecular formula is C11H22N2O. The van der Waals surface area contributed by atoms with E-state index in [2.05, 4.69) is 24.3 Å². The summed E-state index contributed by atoms with van der Waals surface area (Å²) in [7, 11) is 4.27. The van der Waals surface area contributed by atoms with Crippen molar-refractivity contribution >= 4 is 0 Å². The van der Waals surface area contributed by atoms with E-state index in [0.717, 1.165) is 13.1 Å². The van der Waals surface area contributed by atoms with Crippen LogP contribution in [-0.2, 0) is 4.74 Å². The van der Waals surface area contributed by atoms with Crippen molar-refractivity contribution in [3.63, 3.8) is 0 Å². The van der Waals surface area contributed by atoms with Crippen LogP contribution in [0.2, 0.25) is 0 Å². The maximum Gasteiger partial charge on any atom is 0.0812 e. The minimum atomic E-state index is 0.193. The summed E-state index contributed by atoms with van der Waals surface area (Å²) in [5.41, 5.74) is 0.193. The second-order valence-electron chi connectivity index (χ2n) is 5.00. The van der Waals surface area contributed by atoms with E-state index < -0.39 is 0 Å². The number of hydrogen-bond donors (Lipinski definition) is 1. The van der Waals surface area contributed by atoms with Crippen LogP contribution in [-0.4, -0.2) is 50.3 Å². The molecule has 0 aromatic rings. The fourth-order valence-electron chi connectivity index (χ4n) is 2.62. The standard InChI is InChI=1S/C11H22N2O/c1-13(2)7-3-5-11-6-4-10(14-11)8-12-9-11/h10,12H,3-9H2,1-2H3. The van der Waals surface area contributed by atoms with Gasteiger partial charge in [-0.25, -0.2) is 0 Å². The maximum atomic E-state index is 6.09. The van der Waals surface area contributed by atoms with E-state index in [-0.39, 0.29) is 5.60 Å². The molecule has 2 aliphatic rings. The predicted octanol–water partition coefficient (Wildman–Crippen LogP) is 0.849. The molecule has 2 unspecified atom stereocenters. The molecule has 0 saturated carbocycles. The summed E-state index contributed by atoms with van der Waals surface area (Å²) in [5.74, 6) is 0. The van der Waals surface area contributed by atoms with Gasteiger partial charge < -0.3 is 15.0 Å². The molecule has 0 aromatic carbocycles. The van der Waals surface area contributed by atoms with Crippen molar-refractivity contribution in [1.82, 2.24) is 10.2 Å². The van der Waals surface area contributed by atoms with Crippen LogP contribution in [0.5, 0.6) is 0 Å². The first-order chi connectivity index (χ1) is 6.70. The normalized spacial score (nSPS) is 36.6. The zero-order valence-electron chi connectivity index (χ0n) is 9.38. The summed E-state index contributed by atoms with van der Waals surface area (Å²) >= 11 is 0. The monoisotopic (exact) mass is 198 g/mol. The molecule has 2 aliphatic heterocycles. The van der Waals surface area contributed by atoms with Crippen molar-refractivity contribution in [2.75, 3.05) is 33.7 Å². The van der Waals surface area contributed by atoms with Crippen LogP contribution in [0.15, 0.2) is 0 Å². The summed E-state index contributed by atoms with van der Waals surface area (Å²) in [6, 6.07) is 0. The van der Waals surface area contributed by atoms with Gasteiger partial charge in [-0.3, -0.25) is 0 Å². The van der Waals surface area contributed by atoms with Gasteiger partial charge in [-0.05, 0) is 46.3 Å². The molecule has 82 valence electrons. The van der Waals surface area contributed by atoms with Crippen LogP contribution in [0.3, 0.4) is 0 Å². The molecule has 0 radical (unpaired) electrons. The lowest BCUT2D eigenvalue weighted by molar-refractivity contribution is -0.0700. The van der Waals surface area contributed by atoms with Crippen LogP contribution in [0.25, 0.3) is 0 Å². The highest BCUT2D eigenvalue weighted by Gasteiger charge is 2.42. The van der Waals surface area contributed by atoms with Gasteiger partial charge in [0.1, 0.15) is 0 Å². The fraction of sp³-hybridized carbons (Fsp3) is 1.00. The Hall–Kier alpha value is -0.120. The number of ether oxygens (including phenoxy) is 1. The summed E-state index contributed by atoms with van der Waals surface area (Å²) in [6.07, 6.45) is 5.49. The smallest absolute Gasteiger partial charge is 0.0812 e. The summed E-state index contributed by atoms with van der Waals surface area (Å²) in [4.78, 5) is 2.25. The molecule has 2 bridgehead atoms. The van der Waals surface area contributed by atoms with Crippen molar-refractivity contribution < 1.29 is 4.74 Å². The molecule has 2 atom stereocenters. The second-order valence-corrected chi connectivity index (χ2v) is 5.00. The van der Waals surface area contributed by atoms with E-state index in [1.54, 1.807) is 0 Å². The van der Waals surface area contributed by atoms with Gasteiger partial charge in [-0.1, -0.05) is 0 Å². The van der Waals surface area contributed by atoms with Crippen molar-refractivity contribution in [2.24, 2.45) is 0 Å². The van der Waals surface area contributed by atoms with Gasteiger partial charge in [-0.2, -0.15) is 0 Å². The molecule has 2 fully saturated rings. The third kappa shape index (κ3) is 2.27. The number of nitrogens with one attached hydrogen (secondary N) is 1. The Morgan fingerprint density at radius 2 is 2.36 bits per heavy atom. The number of hydrogen-bond acceptors (Lipinski definition) is 3. The van der Waals surface area contributed by atoms with E-state index in [0.29, 0.717) is 6.10 Å². The average Bonchev–Trinajstić information content (AvgIpc) is 2.42. The molecule has 2 heterocycles. The van der Waals surface area contributed by atoms with Crippen LogP contribution in [0.4, 0.5) is 0 Å². The zero-order valence-corrected chi connectivity index (χ0v) is 9.38. The first-order valence-electron chi connectivity index (χ1n) is 5.73. The Labute approximate surface area is 86.8 Å². The minimum Gasteiger partial charge on any atom is -0.369 e. The first-order valence-corrected chi connectivity index (χ1v) is 5.73. The molecule has 2 rings (SSSR count). The SMILES string of the molecule is CN(C)CCCC12CCC(CNC1)O2. The Bertz CT molecular complexity index is 192. The van der Waals surface area contributed by atoms with Gasteiger partial charge in [0.05, 0.1) is 11.7 Å². The maximum absolute atomic E-state index is 6.09. The fourth-order valence-corrected chi connectivity index (χ4v) is 2.62. The van der Waals surface area contributed by atoms with E-state index in [9.17, 15) is 0 Å². The van der Waals surface area contributed by atoms with Gasteiger partial charge in [0, 0.05) is 13.1 Å². The third-order valence-corrected chi connectivity index (χ3v) is 3.40. The lowest BCUT2D eigenvalue weighted by Gasteiger charge is -2.34. The third-order valence-electron chi connectivity index (χ3n) is 3.40. The van der Waals surface area contributed by atoms with Gasteiger partial charge >= 0.3 is 0 Å². The number of fused-ring (bicyclic) bond motifs is 2. The Morgan fingerprint density at radius 1 is 1.50 bits per heavy atom. The molecule has 2 saturated heterocycles. The molecule has 3 nitrogen and oxygen atoms in total. The van der Waals surface area contributed by atoms with Crippen molar-refractivity contribution in [2.45, 2.75) is 37.4 Å². The van der Waals surface area contributed by atoms with Gasteiger partial charge in [0.2, 0.25) is 0 Å². The lowest BCUT2D eigenvalue weighted by atomic mass is 9.94. The number of rotatable bonds is 4. The molecule has 0 amide bonds. The van der Waals surface area contributed by atoms with E-state index in [1.807, 2.05) is 0 Å². The molecule has 14 heavy (non-hydrogen) atoms. The van der Waals surface area contributed by atoms with E-state index in [1.165, 1.54) is 32.2 Å². The van der Waals surface area contributed by atoms with Crippen molar-refractivity contribution in [3.8, 4) is 0 Å². The highest BCUT2D eigenvalue weighted by molar-refractivity contribution is 4.95. The second kappa shape index (κ2) is 4.17. The summed E-state index contributed by atoms with van der Waals surface area (Å²) in [6.45, 7) is 3.31. The highest BCUT2D eigenvalue weighted by Crippen LogP contribution is 2.36. The highest BCUT2D eigenvalue weighted by atomic mass is 16.5. The van der Waals surface area contributed by atoms with Crippen LogP contribution >= 0.6 is 0 Å². The number of morpholine rings is 1. The largest absolute Gasteiger partial charge is 0.369 e.